The Balaban J connectivity index is 2.96. The van der Waals surface area contributed by atoms with Crippen molar-refractivity contribution in [1.82, 2.24) is 0 Å². The third kappa shape index (κ3) is 3.18. The zero-order valence-electron chi connectivity index (χ0n) is 5.72. The summed E-state index contributed by atoms with van der Waals surface area (Å²) in [6, 6.07) is 7.42. The highest BCUT2D eigenvalue weighted by molar-refractivity contribution is 8.09. The zero-order chi connectivity index (χ0) is 9.14. The molecule has 0 unspecified atom stereocenters. The van der Waals surface area contributed by atoms with Crippen LogP contribution in [0.5, 0.6) is 0 Å². The second kappa shape index (κ2) is 5.20. The molecule has 0 saturated carbocycles. The van der Waals surface area contributed by atoms with E-state index in [1.165, 1.54) is 0 Å². The molecule has 0 aliphatic rings. The van der Waals surface area contributed by atoms with Gasteiger partial charge in [0.2, 0.25) is 0 Å². The van der Waals surface area contributed by atoms with E-state index in [9.17, 15) is 0 Å². The van der Waals surface area contributed by atoms with Crippen molar-refractivity contribution >= 4 is 68.8 Å². The van der Waals surface area contributed by atoms with Crippen molar-refractivity contribution in [3.8, 4) is 0 Å². The lowest BCUT2D eigenvalue weighted by molar-refractivity contribution is 1.85. The highest BCUT2D eigenvalue weighted by Crippen LogP contribution is 2.48. The Labute approximate surface area is 92.8 Å². The first-order valence-electron chi connectivity index (χ1n) is 2.94. The largest absolute Gasteiger partial charge is 0.116 e. The van der Waals surface area contributed by atoms with Crippen molar-refractivity contribution in [3.63, 3.8) is 0 Å². The Hall–Kier alpha value is 1.24. The Bertz CT molecular complexity index is 240. The molecule has 1 aromatic carbocycles. The van der Waals surface area contributed by atoms with E-state index in [-0.39, 0.29) is 0 Å². The molecule has 6 heteroatoms. The van der Waals surface area contributed by atoms with Gasteiger partial charge in [0.1, 0.15) is 13.3 Å². The molecule has 1 rings (SSSR count). The van der Waals surface area contributed by atoms with Gasteiger partial charge in [-0.25, -0.2) is 0 Å². The molecule has 0 heterocycles. The fourth-order valence-corrected chi connectivity index (χ4v) is 2.94. The van der Waals surface area contributed by atoms with Gasteiger partial charge in [-0.1, -0.05) is 63.2 Å². The van der Waals surface area contributed by atoms with E-state index in [0.717, 1.165) is 10.6 Å². The second-order valence-corrected chi connectivity index (χ2v) is 9.05. The molecule has 0 aromatic heterocycles. The normalized spacial score (nSPS) is 11.2. The average molecular weight is 280 g/mol. The third-order valence-corrected chi connectivity index (χ3v) is 4.90. The lowest BCUT2D eigenvalue weighted by Gasteiger charge is -2.04. The fourth-order valence-electron chi connectivity index (χ4n) is 0.703. The molecule has 0 aliphatic heterocycles. The van der Waals surface area contributed by atoms with Crippen LogP contribution in [0.4, 0.5) is 0 Å². The molecule has 66 valence electrons. The van der Waals surface area contributed by atoms with Gasteiger partial charge in [-0.3, -0.25) is 0 Å². The summed E-state index contributed by atoms with van der Waals surface area (Å²) in [4.78, 5) is 0. The number of benzene rings is 1. The number of halogens is 4. The summed E-state index contributed by atoms with van der Waals surface area (Å²) < 4.78 is 0. The van der Waals surface area contributed by atoms with E-state index >= 15 is 0 Å². The van der Waals surface area contributed by atoms with E-state index < -0.39 is 13.3 Å². The maximum absolute atomic E-state index is 5.73. The predicted octanol–water partition coefficient (Wildman–Crippen LogP) is 4.52. The monoisotopic (exact) mass is 278 g/mol. The Morgan fingerprint density at radius 1 is 0.833 bits per heavy atom. The van der Waals surface area contributed by atoms with Gasteiger partial charge in [0, 0.05) is 10.6 Å². The molecule has 0 N–H and O–H groups in total. The minimum atomic E-state index is -1.10. The zero-order valence-corrected chi connectivity index (χ0v) is 10.5. The molecule has 0 bridgehead atoms. The third-order valence-electron chi connectivity index (χ3n) is 1.22. The van der Waals surface area contributed by atoms with Crippen LogP contribution in [0.2, 0.25) is 0 Å². The quantitative estimate of drug-likeness (QED) is 0.699. The summed E-state index contributed by atoms with van der Waals surface area (Å²) in [5, 5.41) is 1.78. The molecule has 12 heavy (non-hydrogen) atoms. The van der Waals surface area contributed by atoms with Gasteiger partial charge < -0.3 is 0 Å². The summed E-state index contributed by atoms with van der Waals surface area (Å²) in [6.45, 7) is -2.20. The van der Waals surface area contributed by atoms with Crippen LogP contribution < -0.4 is 10.6 Å². The molecule has 0 saturated heterocycles. The summed E-state index contributed by atoms with van der Waals surface area (Å²) in [7, 11) is 0. The standard InChI is InChI=1S/C6H4Cl4P2/c7-11(8)5-2-1-3-6(4-5)12(9)10/h1-4H. The lowest BCUT2D eigenvalue weighted by Crippen LogP contribution is -2.03. The van der Waals surface area contributed by atoms with Crippen LogP contribution in [0.1, 0.15) is 0 Å². The van der Waals surface area contributed by atoms with Gasteiger partial charge in [-0.2, -0.15) is 0 Å². The van der Waals surface area contributed by atoms with Gasteiger partial charge in [0.15, 0.2) is 0 Å². The summed E-state index contributed by atoms with van der Waals surface area (Å²) >= 11 is 22.9. The maximum Gasteiger partial charge on any atom is 0.116 e. The maximum atomic E-state index is 5.73. The van der Waals surface area contributed by atoms with E-state index in [4.69, 9.17) is 45.0 Å². The van der Waals surface area contributed by atoms with Crippen molar-refractivity contribution in [1.29, 1.82) is 0 Å². The predicted molar refractivity (Wildman–Crippen MR) is 63.0 cm³/mol. The molecule has 0 nitrogen and oxygen atoms in total. The molecule has 0 aliphatic carbocycles. The average Bonchev–Trinajstić information content (AvgIpc) is 2.04. The van der Waals surface area contributed by atoms with Crippen LogP contribution in [-0.4, -0.2) is 0 Å². The van der Waals surface area contributed by atoms with Gasteiger partial charge >= 0.3 is 0 Å². The van der Waals surface area contributed by atoms with Crippen LogP contribution in [0.3, 0.4) is 0 Å². The van der Waals surface area contributed by atoms with Crippen molar-refractivity contribution in [2.45, 2.75) is 0 Å². The van der Waals surface area contributed by atoms with E-state index in [0.29, 0.717) is 0 Å². The van der Waals surface area contributed by atoms with Gasteiger partial charge in [0.05, 0.1) is 0 Å². The second-order valence-electron chi connectivity index (χ2n) is 1.99. The minimum absolute atomic E-state index is 0.889. The van der Waals surface area contributed by atoms with Gasteiger partial charge in [-0.05, 0) is 6.07 Å². The SMILES string of the molecule is ClP(Cl)c1cccc(P(Cl)Cl)c1. The number of hydrogen-bond donors (Lipinski definition) is 0. The molecule has 0 spiro atoms. The first-order valence-corrected chi connectivity index (χ1v) is 9.25. The smallest absolute Gasteiger partial charge is 0.0727 e. The topological polar surface area (TPSA) is 0 Å². The van der Waals surface area contributed by atoms with Crippen molar-refractivity contribution in [2.24, 2.45) is 0 Å². The van der Waals surface area contributed by atoms with E-state index in [2.05, 4.69) is 0 Å². The summed E-state index contributed by atoms with van der Waals surface area (Å²) in [5.74, 6) is 0. The first-order chi connectivity index (χ1) is 5.61. The molecular weight excluding hydrogens is 276 g/mol. The van der Waals surface area contributed by atoms with Gasteiger partial charge in [0.25, 0.3) is 0 Å². The van der Waals surface area contributed by atoms with Crippen LogP contribution >= 0.6 is 58.2 Å². The highest BCUT2D eigenvalue weighted by atomic mass is 35.9. The summed E-state index contributed by atoms with van der Waals surface area (Å²) in [5.41, 5.74) is 0. The highest BCUT2D eigenvalue weighted by Gasteiger charge is 2.08. The van der Waals surface area contributed by atoms with E-state index in [1.54, 1.807) is 0 Å². The lowest BCUT2D eigenvalue weighted by atomic mass is 10.4. The van der Waals surface area contributed by atoms with Crippen molar-refractivity contribution in [2.75, 3.05) is 0 Å². The Morgan fingerprint density at radius 3 is 1.58 bits per heavy atom. The number of rotatable bonds is 2. The molecular formula is C6H4Cl4P2. The van der Waals surface area contributed by atoms with Gasteiger partial charge in [-0.15, -0.1) is 0 Å². The first kappa shape index (κ1) is 11.3. The molecule has 0 fully saturated rings. The Kier molecular flexibility index (Phi) is 4.91. The molecule has 0 radical (unpaired) electrons. The fraction of sp³-hybridized carbons (Fsp3) is 0. The van der Waals surface area contributed by atoms with Crippen molar-refractivity contribution < 1.29 is 0 Å². The minimum Gasteiger partial charge on any atom is -0.0727 e. The number of hydrogen-bond acceptors (Lipinski definition) is 0. The van der Waals surface area contributed by atoms with E-state index in [1.807, 2.05) is 24.3 Å². The Morgan fingerprint density at radius 2 is 1.25 bits per heavy atom. The van der Waals surface area contributed by atoms with Crippen LogP contribution in [0.25, 0.3) is 0 Å². The molecule has 1 aromatic rings. The van der Waals surface area contributed by atoms with Crippen LogP contribution in [-0.2, 0) is 0 Å². The van der Waals surface area contributed by atoms with Crippen molar-refractivity contribution in [3.05, 3.63) is 24.3 Å². The van der Waals surface area contributed by atoms with Crippen LogP contribution in [0, 0.1) is 0 Å². The molecule has 0 amide bonds. The van der Waals surface area contributed by atoms with Crippen LogP contribution in [0.15, 0.2) is 24.3 Å². The summed E-state index contributed by atoms with van der Waals surface area (Å²) in [6.07, 6.45) is 0. The molecule has 0 atom stereocenters.